The van der Waals surface area contributed by atoms with Gasteiger partial charge in [0.05, 0.1) is 17.2 Å². The van der Waals surface area contributed by atoms with Crippen LogP contribution in [0, 0.1) is 11.3 Å². The lowest BCUT2D eigenvalue weighted by atomic mass is 9.92. The Kier molecular flexibility index (Phi) is 3.80. The van der Waals surface area contributed by atoms with Crippen molar-refractivity contribution in [3.8, 4) is 17.2 Å². The van der Waals surface area contributed by atoms with Gasteiger partial charge in [-0.2, -0.15) is 5.26 Å². The van der Waals surface area contributed by atoms with E-state index >= 15 is 0 Å². The van der Waals surface area contributed by atoms with Crippen LogP contribution in [0.15, 0.2) is 60.8 Å². The monoisotopic (exact) mass is 325 g/mol. The van der Waals surface area contributed by atoms with Gasteiger partial charge < -0.3 is 0 Å². The Hall–Kier alpha value is -3.38. The lowest BCUT2D eigenvalue weighted by Crippen LogP contribution is -2.35. The van der Waals surface area contributed by atoms with E-state index in [2.05, 4.69) is 18.2 Å². The highest BCUT2D eigenvalue weighted by Gasteiger charge is 2.20. The van der Waals surface area contributed by atoms with Crippen molar-refractivity contribution in [1.82, 2.24) is 0 Å². The molecule has 0 saturated carbocycles. The Morgan fingerprint density at radius 1 is 0.880 bits per heavy atom. The summed E-state index contributed by atoms with van der Waals surface area (Å²) in [6, 6.07) is 20.3. The maximum atomic E-state index is 10.5. The molecule has 0 bridgehead atoms. The molecule has 3 aromatic rings. The molecule has 1 aromatic heterocycles. The number of hydrogen-bond acceptors (Lipinski definition) is 2. The van der Waals surface area contributed by atoms with Crippen molar-refractivity contribution in [3.05, 3.63) is 88.7 Å². The SMILES string of the molecule is N#Cc1cccc2c1/C=C\c1c(cc(-c3ccccc3)c[n+]1O)CC2. The fourth-order valence-electron chi connectivity index (χ4n) is 3.38. The third-order valence-corrected chi connectivity index (χ3v) is 4.66. The van der Waals surface area contributed by atoms with Crippen molar-refractivity contribution < 1.29 is 9.94 Å². The topological polar surface area (TPSA) is 47.9 Å². The van der Waals surface area contributed by atoms with E-state index in [1.807, 2.05) is 54.6 Å². The first-order chi connectivity index (χ1) is 12.3. The molecule has 0 fully saturated rings. The predicted octanol–water partition coefficient (Wildman–Crippen LogP) is 4.02. The molecule has 0 amide bonds. The van der Waals surface area contributed by atoms with Gasteiger partial charge in [-0.25, -0.2) is 0 Å². The second kappa shape index (κ2) is 6.26. The van der Waals surface area contributed by atoms with Crippen molar-refractivity contribution in [1.29, 1.82) is 5.26 Å². The van der Waals surface area contributed by atoms with Gasteiger partial charge in [0.25, 0.3) is 5.69 Å². The van der Waals surface area contributed by atoms with Crippen molar-refractivity contribution in [2.45, 2.75) is 12.8 Å². The number of aromatic nitrogens is 1. The molecule has 0 aliphatic heterocycles. The summed E-state index contributed by atoms with van der Waals surface area (Å²) in [7, 11) is 0. The maximum Gasteiger partial charge on any atom is 0.260 e. The zero-order chi connectivity index (χ0) is 17.2. The van der Waals surface area contributed by atoms with Crippen LogP contribution in [0.2, 0.25) is 0 Å². The van der Waals surface area contributed by atoms with Gasteiger partial charge in [-0.05, 0) is 47.7 Å². The number of nitriles is 1. The van der Waals surface area contributed by atoms with Crippen LogP contribution in [0.4, 0.5) is 0 Å². The largest absolute Gasteiger partial charge is 0.285 e. The Labute approximate surface area is 146 Å². The molecule has 0 saturated heterocycles. The van der Waals surface area contributed by atoms with E-state index in [0.29, 0.717) is 5.56 Å². The molecular formula is C22H17N2O+. The van der Waals surface area contributed by atoms with Gasteiger partial charge >= 0.3 is 0 Å². The predicted molar refractivity (Wildman–Crippen MR) is 96.8 cm³/mol. The molecule has 3 heteroatoms. The molecule has 0 radical (unpaired) electrons. The molecule has 0 unspecified atom stereocenters. The summed E-state index contributed by atoms with van der Waals surface area (Å²) in [6.45, 7) is 0. The van der Waals surface area contributed by atoms with E-state index in [-0.39, 0.29) is 0 Å². The fraction of sp³-hybridized carbons (Fsp3) is 0.0909. The first-order valence-corrected chi connectivity index (χ1v) is 8.29. The van der Waals surface area contributed by atoms with Crippen LogP contribution in [0.3, 0.4) is 0 Å². The molecule has 0 atom stereocenters. The van der Waals surface area contributed by atoms with Gasteiger partial charge in [-0.15, -0.1) is 0 Å². The average Bonchev–Trinajstić information content (AvgIpc) is 2.64. The van der Waals surface area contributed by atoms with E-state index in [1.165, 1.54) is 4.73 Å². The zero-order valence-corrected chi connectivity index (χ0v) is 13.7. The van der Waals surface area contributed by atoms with Crippen molar-refractivity contribution in [2.24, 2.45) is 0 Å². The third kappa shape index (κ3) is 2.79. The number of aryl methyl sites for hydroxylation is 2. The number of nitrogens with zero attached hydrogens (tertiary/aromatic N) is 2. The van der Waals surface area contributed by atoms with Crippen molar-refractivity contribution in [2.75, 3.05) is 0 Å². The smallest absolute Gasteiger partial charge is 0.260 e. The Morgan fingerprint density at radius 2 is 1.68 bits per heavy atom. The highest BCUT2D eigenvalue weighted by atomic mass is 16.5. The Bertz CT molecular complexity index is 1010. The van der Waals surface area contributed by atoms with Gasteiger partial charge in [0.1, 0.15) is 0 Å². The average molecular weight is 325 g/mol. The van der Waals surface area contributed by atoms with Crippen LogP contribution >= 0.6 is 0 Å². The lowest BCUT2D eigenvalue weighted by molar-refractivity contribution is -0.905. The van der Waals surface area contributed by atoms with Gasteiger partial charge in [0, 0.05) is 16.4 Å². The number of fused-ring (bicyclic) bond motifs is 2. The normalized spacial score (nSPS) is 13.7. The Morgan fingerprint density at radius 3 is 2.48 bits per heavy atom. The minimum absolute atomic E-state index is 0.669. The molecule has 1 heterocycles. The van der Waals surface area contributed by atoms with Crippen LogP contribution in [0.5, 0.6) is 0 Å². The van der Waals surface area contributed by atoms with E-state index in [1.54, 1.807) is 6.20 Å². The highest BCUT2D eigenvalue weighted by molar-refractivity contribution is 5.75. The second-order valence-corrected chi connectivity index (χ2v) is 6.17. The minimum atomic E-state index is 0.669. The quantitative estimate of drug-likeness (QED) is 0.542. The summed E-state index contributed by atoms with van der Waals surface area (Å²) in [5, 5.41) is 19.8. The zero-order valence-electron chi connectivity index (χ0n) is 13.7. The summed E-state index contributed by atoms with van der Waals surface area (Å²) < 4.78 is 1.19. The molecule has 1 aliphatic rings. The molecule has 0 spiro atoms. The first kappa shape index (κ1) is 15.2. The molecule has 2 aromatic carbocycles. The first-order valence-electron chi connectivity index (χ1n) is 8.29. The number of pyridine rings is 1. The standard InChI is InChI=1S/C22H17N2O/c23-14-19-8-4-7-17-9-10-18-13-20(16-5-2-1-3-6-16)15-24(25)22(18)12-11-21(17)19/h1-8,11-13,15,25H,9-10H2/q+1/b12-11-. The van der Waals surface area contributed by atoms with E-state index in [4.69, 9.17) is 0 Å². The van der Waals surface area contributed by atoms with Crippen LogP contribution < -0.4 is 4.73 Å². The Balaban J connectivity index is 1.83. The van der Waals surface area contributed by atoms with Gasteiger partial charge in [-0.3, -0.25) is 5.21 Å². The maximum absolute atomic E-state index is 10.5. The molecule has 25 heavy (non-hydrogen) atoms. The molecule has 120 valence electrons. The number of rotatable bonds is 1. The molecule has 4 rings (SSSR count). The third-order valence-electron chi connectivity index (χ3n) is 4.66. The minimum Gasteiger partial charge on any atom is -0.285 e. The van der Waals surface area contributed by atoms with Gasteiger partial charge in [-0.1, -0.05) is 42.5 Å². The van der Waals surface area contributed by atoms with Crippen LogP contribution in [-0.2, 0) is 12.8 Å². The number of hydrogen-bond donors (Lipinski definition) is 1. The summed E-state index contributed by atoms with van der Waals surface area (Å²) in [5.74, 6) is 0. The molecular weight excluding hydrogens is 308 g/mol. The lowest BCUT2D eigenvalue weighted by Gasteiger charge is -2.12. The molecule has 1 N–H and O–H groups in total. The second-order valence-electron chi connectivity index (χ2n) is 6.17. The van der Waals surface area contributed by atoms with Crippen LogP contribution in [0.25, 0.3) is 23.3 Å². The van der Waals surface area contributed by atoms with Crippen LogP contribution in [0.1, 0.15) is 27.9 Å². The molecule has 1 aliphatic carbocycles. The summed E-state index contributed by atoms with van der Waals surface area (Å²) >= 11 is 0. The van der Waals surface area contributed by atoms with Crippen molar-refractivity contribution >= 4 is 12.2 Å². The highest BCUT2D eigenvalue weighted by Crippen LogP contribution is 2.26. The van der Waals surface area contributed by atoms with E-state index in [0.717, 1.165) is 46.4 Å². The van der Waals surface area contributed by atoms with Gasteiger partial charge in [0.2, 0.25) is 6.20 Å². The van der Waals surface area contributed by atoms with E-state index in [9.17, 15) is 10.5 Å². The van der Waals surface area contributed by atoms with E-state index < -0.39 is 0 Å². The van der Waals surface area contributed by atoms with Crippen molar-refractivity contribution in [3.63, 3.8) is 0 Å². The summed E-state index contributed by atoms with van der Waals surface area (Å²) in [5.41, 5.74) is 6.69. The van der Waals surface area contributed by atoms with Crippen LogP contribution in [-0.4, -0.2) is 5.21 Å². The summed E-state index contributed by atoms with van der Waals surface area (Å²) in [4.78, 5) is 0. The fourth-order valence-corrected chi connectivity index (χ4v) is 3.38. The van der Waals surface area contributed by atoms with Gasteiger partial charge in [0.15, 0.2) is 0 Å². The molecule has 3 nitrogen and oxygen atoms in total. The summed E-state index contributed by atoms with van der Waals surface area (Å²) in [6.07, 6.45) is 7.20. The number of benzene rings is 2.